The van der Waals surface area contributed by atoms with E-state index < -0.39 is 0 Å². The van der Waals surface area contributed by atoms with Gasteiger partial charge in [0.1, 0.15) is 5.82 Å². The Morgan fingerprint density at radius 2 is 1.81 bits per heavy atom. The van der Waals surface area contributed by atoms with E-state index in [0.29, 0.717) is 18.7 Å². The van der Waals surface area contributed by atoms with Crippen molar-refractivity contribution < 1.29 is 4.39 Å². The smallest absolute Gasteiger partial charge is 0.146 e. The van der Waals surface area contributed by atoms with Crippen LogP contribution in [-0.4, -0.2) is 11.1 Å². The number of aromatic nitrogens is 1. The Morgan fingerprint density at radius 1 is 1.05 bits per heavy atom. The lowest BCUT2D eigenvalue weighted by atomic mass is 10.1. The molecule has 0 saturated carbocycles. The van der Waals surface area contributed by atoms with Gasteiger partial charge in [-0.2, -0.15) is 0 Å². The van der Waals surface area contributed by atoms with Crippen LogP contribution in [0.4, 0.5) is 4.39 Å². The predicted molar refractivity (Wildman–Crippen MR) is 85.2 cm³/mol. The summed E-state index contributed by atoms with van der Waals surface area (Å²) in [5.74, 6) is -0.348. The minimum atomic E-state index is -0.348. The first-order valence-corrected chi connectivity index (χ1v) is 7.28. The van der Waals surface area contributed by atoms with Crippen LogP contribution in [0, 0.1) is 5.82 Å². The SMILES string of the molecule is NCCc1cccc2c1ccn2Cc1cccc(Cl)c1F. The number of rotatable bonds is 4. The van der Waals surface area contributed by atoms with E-state index in [-0.39, 0.29) is 10.8 Å². The summed E-state index contributed by atoms with van der Waals surface area (Å²) in [6.07, 6.45) is 2.82. The van der Waals surface area contributed by atoms with Gasteiger partial charge in [0.2, 0.25) is 0 Å². The van der Waals surface area contributed by atoms with E-state index >= 15 is 0 Å². The van der Waals surface area contributed by atoms with Crippen molar-refractivity contribution in [2.75, 3.05) is 6.54 Å². The molecular formula is C17H16ClFN2. The highest BCUT2D eigenvalue weighted by Gasteiger charge is 2.09. The van der Waals surface area contributed by atoms with E-state index in [0.717, 1.165) is 11.9 Å². The van der Waals surface area contributed by atoms with E-state index in [4.69, 9.17) is 17.3 Å². The van der Waals surface area contributed by atoms with Gasteiger partial charge in [0, 0.05) is 22.7 Å². The Balaban J connectivity index is 2.02. The van der Waals surface area contributed by atoms with E-state index in [9.17, 15) is 4.39 Å². The van der Waals surface area contributed by atoms with Crippen molar-refractivity contribution in [3.8, 4) is 0 Å². The molecule has 3 aromatic rings. The van der Waals surface area contributed by atoms with Gasteiger partial charge in [0.25, 0.3) is 0 Å². The molecule has 0 aliphatic carbocycles. The molecule has 108 valence electrons. The van der Waals surface area contributed by atoms with Crippen LogP contribution in [0.3, 0.4) is 0 Å². The summed E-state index contributed by atoms with van der Waals surface area (Å²) in [6, 6.07) is 13.3. The van der Waals surface area contributed by atoms with Crippen molar-refractivity contribution >= 4 is 22.5 Å². The Hall–Kier alpha value is -1.84. The maximum absolute atomic E-state index is 14.0. The third kappa shape index (κ3) is 2.67. The van der Waals surface area contributed by atoms with Gasteiger partial charge in [-0.1, -0.05) is 35.9 Å². The largest absolute Gasteiger partial charge is 0.343 e. The molecule has 1 heterocycles. The van der Waals surface area contributed by atoms with Crippen LogP contribution < -0.4 is 5.73 Å². The highest BCUT2D eigenvalue weighted by molar-refractivity contribution is 6.30. The van der Waals surface area contributed by atoms with Crippen molar-refractivity contribution in [2.45, 2.75) is 13.0 Å². The van der Waals surface area contributed by atoms with Crippen LogP contribution in [0.15, 0.2) is 48.7 Å². The van der Waals surface area contributed by atoms with Crippen LogP contribution >= 0.6 is 11.6 Å². The first-order valence-electron chi connectivity index (χ1n) is 6.90. The summed E-state index contributed by atoms with van der Waals surface area (Å²) in [6.45, 7) is 1.08. The third-order valence-corrected chi connectivity index (χ3v) is 3.98. The van der Waals surface area contributed by atoms with Gasteiger partial charge in [0.15, 0.2) is 0 Å². The van der Waals surface area contributed by atoms with Gasteiger partial charge in [-0.15, -0.1) is 0 Å². The Kier molecular flexibility index (Phi) is 3.95. The summed E-state index contributed by atoms with van der Waals surface area (Å²) in [7, 11) is 0. The van der Waals surface area contributed by atoms with Crippen LogP contribution in [-0.2, 0) is 13.0 Å². The molecule has 0 aliphatic heterocycles. The maximum Gasteiger partial charge on any atom is 0.146 e. The fraction of sp³-hybridized carbons (Fsp3) is 0.176. The fourth-order valence-electron chi connectivity index (χ4n) is 2.65. The summed E-state index contributed by atoms with van der Waals surface area (Å²) in [5.41, 5.74) is 8.54. The molecule has 2 N–H and O–H groups in total. The highest BCUT2D eigenvalue weighted by Crippen LogP contribution is 2.24. The number of fused-ring (bicyclic) bond motifs is 1. The van der Waals surface area contributed by atoms with E-state index in [1.54, 1.807) is 18.2 Å². The minimum absolute atomic E-state index is 0.160. The normalized spacial score (nSPS) is 11.2. The van der Waals surface area contributed by atoms with Crippen LogP contribution in [0.1, 0.15) is 11.1 Å². The van der Waals surface area contributed by atoms with Crippen molar-refractivity contribution in [2.24, 2.45) is 5.73 Å². The molecular weight excluding hydrogens is 287 g/mol. The number of hydrogen-bond acceptors (Lipinski definition) is 1. The van der Waals surface area contributed by atoms with E-state index in [1.165, 1.54) is 10.9 Å². The van der Waals surface area contributed by atoms with Gasteiger partial charge >= 0.3 is 0 Å². The monoisotopic (exact) mass is 302 g/mol. The lowest BCUT2D eigenvalue weighted by Crippen LogP contribution is -2.03. The molecule has 0 radical (unpaired) electrons. The molecule has 2 aromatic carbocycles. The first kappa shape index (κ1) is 14.1. The number of benzene rings is 2. The molecule has 0 bridgehead atoms. The Labute approximate surface area is 127 Å². The van der Waals surface area contributed by atoms with Gasteiger partial charge < -0.3 is 10.3 Å². The van der Waals surface area contributed by atoms with Crippen molar-refractivity contribution in [1.82, 2.24) is 4.57 Å². The average molecular weight is 303 g/mol. The fourth-order valence-corrected chi connectivity index (χ4v) is 2.85. The Bertz CT molecular complexity index is 780. The standard InChI is InChI=1S/C17H16ClFN2/c18-15-5-1-4-13(17(15)19)11-21-10-8-14-12(7-9-20)3-2-6-16(14)21/h1-6,8,10H,7,9,11,20H2. The zero-order chi connectivity index (χ0) is 14.8. The second-order valence-corrected chi connectivity index (χ2v) is 5.45. The molecule has 21 heavy (non-hydrogen) atoms. The topological polar surface area (TPSA) is 30.9 Å². The lowest BCUT2D eigenvalue weighted by molar-refractivity contribution is 0.602. The van der Waals surface area contributed by atoms with Crippen molar-refractivity contribution in [1.29, 1.82) is 0 Å². The summed E-state index contributed by atoms with van der Waals surface area (Å²) in [5, 5.41) is 1.33. The zero-order valence-electron chi connectivity index (χ0n) is 11.5. The molecule has 0 saturated heterocycles. The summed E-state index contributed by atoms with van der Waals surface area (Å²) >= 11 is 5.84. The quantitative estimate of drug-likeness (QED) is 0.776. The maximum atomic E-state index is 14.0. The number of halogens is 2. The molecule has 3 rings (SSSR count). The molecule has 2 nitrogen and oxygen atoms in total. The molecule has 0 atom stereocenters. The zero-order valence-corrected chi connectivity index (χ0v) is 12.3. The molecule has 4 heteroatoms. The molecule has 0 amide bonds. The van der Waals surface area contributed by atoms with Gasteiger partial charge in [-0.05, 0) is 36.7 Å². The van der Waals surface area contributed by atoms with Gasteiger partial charge in [0.05, 0.1) is 11.6 Å². The van der Waals surface area contributed by atoms with Crippen LogP contribution in [0.5, 0.6) is 0 Å². The third-order valence-electron chi connectivity index (χ3n) is 3.69. The average Bonchev–Trinajstić information content (AvgIpc) is 2.89. The predicted octanol–water partition coefficient (Wildman–Crippen LogP) is 3.98. The molecule has 0 fully saturated rings. The van der Waals surface area contributed by atoms with E-state index in [1.807, 2.05) is 22.9 Å². The lowest BCUT2D eigenvalue weighted by Gasteiger charge is -2.09. The van der Waals surface area contributed by atoms with Crippen molar-refractivity contribution in [3.05, 3.63) is 70.6 Å². The number of nitrogens with zero attached hydrogens (tertiary/aromatic N) is 1. The van der Waals surface area contributed by atoms with Crippen molar-refractivity contribution in [3.63, 3.8) is 0 Å². The highest BCUT2D eigenvalue weighted by atomic mass is 35.5. The van der Waals surface area contributed by atoms with Crippen LogP contribution in [0.2, 0.25) is 5.02 Å². The summed E-state index contributed by atoms with van der Waals surface area (Å²) < 4.78 is 16.1. The molecule has 0 aliphatic rings. The van der Waals surface area contributed by atoms with Gasteiger partial charge in [-0.25, -0.2) is 4.39 Å². The number of hydrogen-bond donors (Lipinski definition) is 1. The van der Waals surface area contributed by atoms with E-state index in [2.05, 4.69) is 12.1 Å². The second kappa shape index (κ2) is 5.88. The Morgan fingerprint density at radius 3 is 2.62 bits per heavy atom. The minimum Gasteiger partial charge on any atom is -0.343 e. The van der Waals surface area contributed by atoms with Crippen LogP contribution in [0.25, 0.3) is 10.9 Å². The number of nitrogens with two attached hydrogens (primary N) is 1. The molecule has 0 unspecified atom stereocenters. The van der Waals surface area contributed by atoms with Gasteiger partial charge in [-0.3, -0.25) is 0 Å². The first-order chi connectivity index (χ1) is 10.2. The molecule has 0 spiro atoms. The molecule has 1 aromatic heterocycles. The summed E-state index contributed by atoms with van der Waals surface area (Å²) in [4.78, 5) is 0. The second-order valence-electron chi connectivity index (χ2n) is 5.05.